The number of nitrogens with two attached hydrogens (primary N) is 2. The summed E-state index contributed by atoms with van der Waals surface area (Å²) in [7, 11) is 0. The van der Waals surface area contributed by atoms with Crippen LogP contribution in [0.5, 0.6) is 5.06 Å². The Hall–Kier alpha value is -2.89. The van der Waals surface area contributed by atoms with Gasteiger partial charge in [0.05, 0.1) is 23.6 Å². The van der Waals surface area contributed by atoms with E-state index in [1.807, 2.05) is 0 Å². The van der Waals surface area contributed by atoms with Gasteiger partial charge in [0.1, 0.15) is 23.0 Å². The van der Waals surface area contributed by atoms with Gasteiger partial charge in [0, 0.05) is 23.6 Å². The quantitative estimate of drug-likeness (QED) is 0.475. The maximum absolute atomic E-state index is 14.4. The highest BCUT2D eigenvalue weighted by Gasteiger charge is 2.25. The van der Waals surface area contributed by atoms with Gasteiger partial charge in [-0.25, -0.2) is 18.2 Å². The number of hydrogen-bond acceptors (Lipinski definition) is 7. The summed E-state index contributed by atoms with van der Waals surface area (Å²) in [6.07, 6.45) is 4.62. The first-order chi connectivity index (χ1) is 15.3. The Morgan fingerprint density at radius 1 is 1.12 bits per heavy atom. The fourth-order valence-corrected chi connectivity index (χ4v) is 4.16. The van der Waals surface area contributed by atoms with Gasteiger partial charge in [-0.3, -0.25) is 4.79 Å². The summed E-state index contributed by atoms with van der Waals surface area (Å²) in [4.78, 5) is 16.7. The van der Waals surface area contributed by atoms with Crippen molar-refractivity contribution >= 4 is 41.2 Å². The van der Waals surface area contributed by atoms with Crippen LogP contribution in [0.1, 0.15) is 36.2 Å². The minimum absolute atomic E-state index is 0. The molecule has 0 aliphatic heterocycles. The van der Waals surface area contributed by atoms with Crippen molar-refractivity contribution in [1.82, 2.24) is 9.36 Å². The lowest BCUT2D eigenvalue weighted by atomic mass is 9.94. The number of pyridine rings is 1. The van der Waals surface area contributed by atoms with Crippen LogP contribution in [0.3, 0.4) is 0 Å². The standard InChI is InChI=1S/C21H20F3N5O2S.ClH/c22-12-2-1-3-13(23)17(12)18-14(24)8-15(26)19(29-18)20(30)28-16-9-27-32-21(16)31-11-6-4-10(25)5-7-11;/h1-3,8-11H,4-7,25-26H2,(H,28,30);1H/t10-,11-;. The van der Waals surface area contributed by atoms with Crippen LogP contribution in [0, 0.1) is 17.5 Å². The summed E-state index contributed by atoms with van der Waals surface area (Å²) in [5, 5.41) is 2.98. The Labute approximate surface area is 197 Å². The van der Waals surface area contributed by atoms with Gasteiger partial charge in [0.25, 0.3) is 5.91 Å². The van der Waals surface area contributed by atoms with Gasteiger partial charge in [-0.2, -0.15) is 4.37 Å². The minimum atomic E-state index is -1.06. The Morgan fingerprint density at radius 2 is 1.79 bits per heavy atom. The summed E-state index contributed by atoms with van der Waals surface area (Å²) < 4.78 is 52.7. The number of ether oxygens (including phenoxy) is 1. The number of nitrogen functional groups attached to an aromatic ring is 1. The van der Waals surface area contributed by atoms with Crippen LogP contribution in [0.2, 0.25) is 0 Å². The molecule has 7 nitrogen and oxygen atoms in total. The average Bonchev–Trinajstić information content (AvgIpc) is 3.17. The maximum atomic E-state index is 14.4. The third-order valence-corrected chi connectivity index (χ3v) is 5.89. The van der Waals surface area contributed by atoms with Gasteiger partial charge >= 0.3 is 0 Å². The normalized spacial score (nSPS) is 17.8. The van der Waals surface area contributed by atoms with Crippen molar-refractivity contribution in [3.8, 4) is 16.3 Å². The number of carbonyl (C=O) groups is 1. The van der Waals surface area contributed by atoms with E-state index < -0.39 is 34.6 Å². The molecule has 0 bridgehead atoms. The molecule has 2 aromatic heterocycles. The number of amides is 1. The molecule has 1 aliphatic carbocycles. The Morgan fingerprint density at radius 3 is 2.45 bits per heavy atom. The molecule has 0 spiro atoms. The predicted octanol–water partition coefficient (Wildman–Crippen LogP) is 4.53. The van der Waals surface area contributed by atoms with E-state index in [9.17, 15) is 18.0 Å². The Kier molecular flexibility index (Phi) is 7.77. The number of carbonyl (C=O) groups excluding carboxylic acids is 1. The van der Waals surface area contributed by atoms with Gasteiger partial charge in [-0.1, -0.05) is 6.07 Å². The van der Waals surface area contributed by atoms with Crippen LogP contribution < -0.4 is 21.5 Å². The number of anilines is 2. The summed E-state index contributed by atoms with van der Waals surface area (Å²) in [6, 6.07) is 4.04. The van der Waals surface area contributed by atoms with E-state index in [4.69, 9.17) is 16.2 Å². The molecule has 33 heavy (non-hydrogen) atoms. The van der Waals surface area contributed by atoms with Gasteiger partial charge < -0.3 is 21.5 Å². The number of nitrogens with one attached hydrogen (secondary N) is 1. The molecule has 0 radical (unpaired) electrons. The number of aromatic nitrogens is 2. The molecular weight excluding hydrogens is 479 g/mol. The summed E-state index contributed by atoms with van der Waals surface area (Å²) in [5.74, 6) is -3.88. The van der Waals surface area contributed by atoms with E-state index in [0.717, 1.165) is 61.5 Å². The van der Waals surface area contributed by atoms with Gasteiger partial charge in [0.15, 0.2) is 11.5 Å². The summed E-state index contributed by atoms with van der Waals surface area (Å²) in [5.41, 5.74) is 9.96. The second-order valence-electron chi connectivity index (χ2n) is 7.49. The van der Waals surface area contributed by atoms with E-state index in [-0.39, 0.29) is 35.9 Å². The molecule has 0 saturated heterocycles. The molecule has 176 valence electrons. The van der Waals surface area contributed by atoms with E-state index in [0.29, 0.717) is 10.8 Å². The molecule has 1 amide bonds. The monoisotopic (exact) mass is 499 g/mol. The van der Waals surface area contributed by atoms with Crippen molar-refractivity contribution in [1.29, 1.82) is 0 Å². The molecule has 0 atom stereocenters. The number of rotatable bonds is 5. The number of benzene rings is 1. The summed E-state index contributed by atoms with van der Waals surface area (Å²) >= 11 is 1.06. The van der Waals surface area contributed by atoms with E-state index >= 15 is 0 Å². The van der Waals surface area contributed by atoms with Crippen LogP contribution >= 0.6 is 23.9 Å². The molecule has 1 saturated carbocycles. The third-order valence-electron chi connectivity index (χ3n) is 5.20. The van der Waals surface area contributed by atoms with Crippen molar-refractivity contribution in [3.63, 3.8) is 0 Å². The molecule has 1 fully saturated rings. The zero-order valence-electron chi connectivity index (χ0n) is 17.2. The molecule has 5 N–H and O–H groups in total. The molecule has 4 rings (SSSR count). The van der Waals surface area contributed by atoms with Crippen molar-refractivity contribution in [3.05, 3.63) is 53.6 Å². The summed E-state index contributed by atoms with van der Waals surface area (Å²) in [6.45, 7) is 0. The zero-order valence-corrected chi connectivity index (χ0v) is 18.8. The molecular formula is C21H21ClF3N5O2S. The third kappa shape index (κ3) is 5.37. The lowest BCUT2D eigenvalue weighted by molar-refractivity contribution is 0.102. The fourth-order valence-electron chi connectivity index (χ4n) is 3.52. The van der Waals surface area contributed by atoms with Gasteiger partial charge in [0.2, 0.25) is 5.06 Å². The van der Waals surface area contributed by atoms with Crippen LogP contribution in [0.25, 0.3) is 11.3 Å². The second kappa shape index (κ2) is 10.4. The first kappa shape index (κ1) is 24.7. The van der Waals surface area contributed by atoms with Crippen molar-refractivity contribution in [2.24, 2.45) is 5.73 Å². The van der Waals surface area contributed by atoms with E-state index in [1.165, 1.54) is 6.20 Å². The maximum Gasteiger partial charge on any atom is 0.276 e. The number of hydrogen-bond donors (Lipinski definition) is 3. The number of nitrogens with zero attached hydrogens (tertiary/aromatic N) is 2. The molecule has 2 heterocycles. The van der Waals surface area contributed by atoms with Crippen LogP contribution in [0.4, 0.5) is 24.5 Å². The van der Waals surface area contributed by atoms with Crippen molar-refractivity contribution in [2.45, 2.75) is 37.8 Å². The highest BCUT2D eigenvalue weighted by molar-refractivity contribution is 7.08. The van der Waals surface area contributed by atoms with Crippen molar-refractivity contribution in [2.75, 3.05) is 11.1 Å². The van der Waals surface area contributed by atoms with Crippen LogP contribution in [0.15, 0.2) is 30.5 Å². The molecule has 1 aliphatic rings. The van der Waals surface area contributed by atoms with E-state index in [2.05, 4.69) is 14.7 Å². The Bertz CT molecular complexity index is 1130. The largest absolute Gasteiger partial charge is 0.478 e. The minimum Gasteiger partial charge on any atom is -0.478 e. The van der Waals surface area contributed by atoms with Crippen LogP contribution in [-0.4, -0.2) is 27.4 Å². The second-order valence-corrected chi connectivity index (χ2v) is 8.25. The molecule has 0 unspecified atom stereocenters. The topological polar surface area (TPSA) is 116 Å². The lowest BCUT2D eigenvalue weighted by Gasteiger charge is -2.26. The SMILES string of the molecule is Cl.Nc1cc(F)c(-c2c(F)cccc2F)nc1C(=O)Nc1cnsc1O[C@H]1CC[C@H](N)CC1. The van der Waals surface area contributed by atoms with Crippen molar-refractivity contribution < 1.29 is 22.7 Å². The van der Waals surface area contributed by atoms with E-state index in [1.54, 1.807) is 0 Å². The van der Waals surface area contributed by atoms with Gasteiger partial charge in [-0.15, -0.1) is 12.4 Å². The smallest absolute Gasteiger partial charge is 0.276 e. The predicted molar refractivity (Wildman–Crippen MR) is 122 cm³/mol. The highest BCUT2D eigenvalue weighted by atomic mass is 35.5. The molecule has 12 heteroatoms. The molecule has 1 aromatic carbocycles. The first-order valence-corrected chi connectivity index (χ1v) is 10.7. The lowest BCUT2D eigenvalue weighted by Crippen LogP contribution is -2.31. The first-order valence-electron chi connectivity index (χ1n) is 9.92. The fraction of sp³-hybridized carbons (Fsp3) is 0.286. The highest BCUT2D eigenvalue weighted by Crippen LogP contribution is 2.34. The Balaban J connectivity index is 0.00000306. The average molecular weight is 500 g/mol. The zero-order chi connectivity index (χ0) is 22.8. The van der Waals surface area contributed by atoms with Gasteiger partial charge in [-0.05, 0) is 37.8 Å². The van der Waals surface area contributed by atoms with Crippen LogP contribution in [-0.2, 0) is 0 Å². The number of halogens is 4. The molecule has 3 aromatic rings.